The lowest BCUT2D eigenvalue weighted by Gasteiger charge is -2.30. The van der Waals surface area contributed by atoms with Crippen LogP contribution in [0.2, 0.25) is 0 Å². The zero-order valence-electron chi connectivity index (χ0n) is 10.5. The van der Waals surface area contributed by atoms with Gasteiger partial charge in [-0.15, -0.1) is 0 Å². The van der Waals surface area contributed by atoms with E-state index in [4.69, 9.17) is 0 Å². The van der Waals surface area contributed by atoms with Crippen molar-refractivity contribution in [2.24, 2.45) is 5.92 Å². The predicted octanol–water partition coefficient (Wildman–Crippen LogP) is 2.99. The summed E-state index contributed by atoms with van der Waals surface area (Å²) in [6.07, 6.45) is 3.08. The van der Waals surface area contributed by atoms with Crippen LogP contribution in [0.15, 0.2) is 18.2 Å². The normalized spacial score (nSPS) is 20.3. The van der Waals surface area contributed by atoms with E-state index in [9.17, 15) is 23.4 Å². The van der Waals surface area contributed by atoms with Crippen LogP contribution in [-0.2, 0) is 0 Å². The Labute approximate surface area is 109 Å². The molecule has 1 aliphatic rings. The van der Waals surface area contributed by atoms with Crippen LogP contribution in [0, 0.1) is 23.4 Å². The molecule has 19 heavy (non-hydrogen) atoms. The van der Waals surface area contributed by atoms with Gasteiger partial charge in [0.1, 0.15) is 0 Å². The number of halogens is 3. The van der Waals surface area contributed by atoms with Crippen molar-refractivity contribution in [2.45, 2.75) is 32.0 Å². The standard InChI is InChI=1S/C14H15F3O2/c1-14(18,19)10-4-2-8(3-5-10)9-6-11(15)13(17)12(16)7-9/h2,6-7,10,18-19H,3-5H2,1H3. The maximum absolute atomic E-state index is 13.1. The minimum atomic E-state index is -1.76. The van der Waals surface area contributed by atoms with Gasteiger partial charge in [-0.2, -0.15) is 0 Å². The van der Waals surface area contributed by atoms with Crippen molar-refractivity contribution < 1.29 is 23.4 Å². The van der Waals surface area contributed by atoms with Crippen LogP contribution in [0.5, 0.6) is 0 Å². The van der Waals surface area contributed by atoms with Gasteiger partial charge in [0.15, 0.2) is 23.2 Å². The van der Waals surface area contributed by atoms with E-state index in [1.807, 2.05) is 0 Å². The molecule has 0 fully saturated rings. The Kier molecular flexibility index (Phi) is 3.69. The molecule has 2 nitrogen and oxygen atoms in total. The topological polar surface area (TPSA) is 40.5 Å². The SMILES string of the molecule is CC(O)(O)C1CC=C(c2cc(F)c(F)c(F)c2)CC1. The number of hydrogen-bond donors (Lipinski definition) is 2. The zero-order chi connectivity index (χ0) is 14.2. The van der Waals surface area contributed by atoms with Crippen LogP contribution in [0.4, 0.5) is 13.2 Å². The summed E-state index contributed by atoms with van der Waals surface area (Å²) in [6.45, 7) is 1.31. The van der Waals surface area contributed by atoms with Crippen molar-refractivity contribution >= 4 is 5.57 Å². The number of allylic oxidation sites excluding steroid dienone is 2. The molecule has 2 rings (SSSR count). The molecule has 1 aliphatic carbocycles. The number of benzene rings is 1. The van der Waals surface area contributed by atoms with Crippen LogP contribution in [0.1, 0.15) is 31.7 Å². The van der Waals surface area contributed by atoms with Crippen LogP contribution in [-0.4, -0.2) is 16.0 Å². The molecule has 1 aromatic rings. The monoisotopic (exact) mass is 272 g/mol. The Hall–Kier alpha value is -1.33. The molecular formula is C14H15F3O2. The maximum Gasteiger partial charge on any atom is 0.194 e. The lowest BCUT2D eigenvalue weighted by molar-refractivity contribution is -0.186. The van der Waals surface area contributed by atoms with Gasteiger partial charge in [-0.1, -0.05) is 6.08 Å². The first kappa shape index (κ1) is 14.1. The summed E-state index contributed by atoms with van der Waals surface area (Å²) < 4.78 is 39.1. The van der Waals surface area contributed by atoms with Crippen molar-refractivity contribution in [3.05, 3.63) is 41.2 Å². The Morgan fingerprint density at radius 2 is 1.74 bits per heavy atom. The Morgan fingerprint density at radius 1 is 1.16 bits per heavy atom. The molecule has 0 spiro atoms. The molecule has 0 saturated carbocycles. The van der Waals surface area contributed by atoms with Gasteiger partial charge in [0.2, 0.25) is 0 Å². The third kappa shape index (κ3) is 2.98. The maximum atomic E-state index is 13.1. The van der Waals surface area contributed by atoms with Gasteiger partial charge in [-0.05, 0) is 49.5 Å². The first-order valence-electron chi connectivity index (χ1n) is 6.07. The summed E-state index contributed by atoms with van der Waals surface area (Å²) in [6, 6.07) is 1.92. The summed E-state index contributed by atoms with van der Waals surface area (Å²) in [5.41, 5.74) is 0.991. The summed E-state index contributed by atoms with van der Waals surface area (Å²) in [5, 5.41) is 19.0. The first-order chi connectivity index (χ1) is 8.79. The van der Waals surface area contributed by atoms with E-state index in [0.717, 1.165) is 12.1 Å². The average molecular weight is 272 g/mol. The average Bonchev–Trinajstić information content (AvgIpc) is 2.34. The zero-order valence-corrected chi connectivity index (χ0v) is 10.5. The molecule has 104 valence electrons. The Balaban J connectivity index is 2.23. The highest BCUT2D eigenvalue weighted by Crippen LogP contribution is 2.35. The van der Waals surface area contributed by atoms with E-state index in [0.29, 0.717) is 30.4 Å². The summed E-state index contributed by atoms with van der Waals surface area (Å²) in [4.78, 5) is 0. The van der Waals surface area contributed by atoms with Crippen molar-refractivity contribution in [1.82, 2.24) is 0 Å². The van der Waals surface area contributed by atoms with Gasteiger partial charge in [0.25, 0.3) is 0 Å². The molecule has 1 atom stereocenters. The molecule has 1 unspecified atom stereocenters. The van der Waals surface area contributed by atoms with Crippen LogP contribution < -0.4 is 0 Å². The first-order valence-corrected chi connectivity index (χ1v) is 6.07. The van der Waals surface area contributed by atoms with Gasteiger partial charge in [-0.25, -0.2) is 13.2 Å². The molecule has 2 N–H and O–H groups in total. The fraction of sp³-hybridized carbons (Fsp3) is 0.429. The van der Waals surface area contributed by atoms with Gasteiger partial charge in [-0.3, -0.25) is 0 Å². The largest absolute Gasteiger partial charge is 0.366 e. The van der Waals surface area contributed by atoms with Crippen LogP contribution in [0.3, 0.4) is 0 Å². The van der Waals surface area contributed by atoms with Crippen molar-refractivity contribution in [3.63, 3.8) is 0 Å². The minimum absolute atomic E-state index is 0.299. The Bertz CT molecular complexity index is 495. The summed E-state index contributed by atoms with van der Waals surface area (Å²) >= 11 is 0. The number of hydrogen-bond acceptors (Lipinski definition) is 2. The molecule has 5 heteroatoms. The van der Waals surface area contributed by atoms with Crippen LogP contribution >= 0.6 is 0 Å². The van der Waals surface area contributed by atoms with Crippen molar-refractivity contribution in [2.75, 3.05) is 0 Å². The van der Waals surface area contributed by atoms with E-state index in [1.165, 1.54) is 6.92 Å². The molecule has 0 aromatic heterocycles. The molecule has 0 heterocycles. The molecule has 0 amide bonds. The summed E-state index contributed by atoms with van der Waals surface area (Å²) in [7, 11) is 0. The number of rotatable bonds is 2. The van der Waals surface area contributed by atoms with E-state index in [-0.39, 0.29) is 5.92 Å². The van der Waals surface area contributed by atoms with Gasteiger partial charge in [0, 0.05) is 5.92 Å². The van der Waals surface area contributed by atoms with Crippen LogP contribution in [0.25, 0.3) is 5.57 Å². The second-order valence-electron chi connectivity index (χ2n) is 5.05. The second kappa shape index (κ2) is 4.98. The minimum Gasteiger partial charge on any atom is -0.366 e. The fourth-order valence-corrected chi connectivity index (χ4v) is 2.33. The van der Waals surface area contributed by atoms with E-state index >= 15 is 0 Å². The summed E-state index contributed by atoms with van der Waals surface area (Å²) in [5.74, 6) is -5.98. The lowest BCUT2D eigenvalue weighted by Crippen LogP contribution is -2.34. The quantitative estimate of drug-likeness (QED) is 0.642. The van der Waals surface area contributed by atoms with Crippen molar-refractivity contribution in [3.8, 4) is 0 Å². The highest BCUT2D eigenvalue weighted by molar-refractivity contribution is 5.66. The predicted molar refractivity (Wildman–Crippen MR) is 64.5 cm³/mol. The van der Waals surface area contributed by atoms with Crippen molar-refractivity contribution in [1.29, 1.82) is 0 Å². The molecule has 0 saturated heterocycles. The van der Waals surface area contributed by atoms with Gasteiger partial charge < -0.3 is 10.2 Å². The van der Waals surface area contributed by atoms with Gasteiger partial charge in [0.05, 0.1) is 0 Å². The van der Waals surface area contributed by atoms with E-state index in [2.05, 4.69) is 0 Å². The molecule has 0 bridgehead atoms. The highest BCUT2D eigenvalue weighted by Gasteiger charge is 2.30. The fourth-order valence-electron chi connectivity index (χ4n) is 2.33. The molecule has 1 aromatic carbocycles. The van der Waals surface area contributed by atoms with E-state index in [1.54, 1.807) is 6.08 Å². The molecule has 0 aliphatic heterocycles. The second-order valence-corrected chi connectivity index (χ2v) is 5.05. The lowest BCUT2D eigenvalue weighted by atomic mass is 9.82. The third-order valence-electron chi connectivity index (χ3n) is 3.54. The highest BCUT2D eigenvalue weighted by atomic mass is 19.2. The molecule has 0 radical (unpaired) electrons. The molecular weight excluding hydrogens is 257 g/mol. The Morgan fingerprint density at radius 3 is 2.16 bits per heavy atom. The van der Waals surface area contributed by atoms with E-state index < -0.39 is 23.2 Å². The van der Waals surface area contributed by atoms with Gasteiger partial charge >= 0.3 is 0 Å². The number of aliphatic hydroxyl groups is 2. The third-order valence-corrected chi connectivity index (χ3v) is 3.54. The smallest absolute Gasteiger partial charge is 0.194 e.